The van der Waals surface area contributed by atoms with Gasteiger partial charge in [0.15, 0.2) is 5.82 Å². The van der Waals surface area contributed by atoms with Crippen LogP contribution in [0.15, 0.2) is 16.7 Å². The second kappa shape index (κ2) is 11.4. The Morgan fingerprint density at radius 2 is 1.92 bits per heavy atom. The summed E-state index contributed by atoms with van der Waals surface area (Å²) in [6.07, 6.45) is -0.360. The molecule has 1 saturated carbocycles. The first-order chi connectivity index (χ1) is 17.1. The molecule has 6 nitrogen and oxygen atoms in total. The number of alkyl halides is 4. The van der Waals surface area contributed by atoms with Gasteiger partial charge in [0.1, 0.15) is 11.5 Å². The minimum absolute atomic E-state index is 0.0615. The molecule has 2 aromatic heterocycles. The first kappa shape index (κ1) is 26.7. The molecule has 1 aliphatic heterocycles. The van der Waals surface area contributed by atoms with Gasteiger partial charge in [-0.25, -0.2) is 4.39 Å². The second-order valence-electron chi connectivity index (χ2n) is 10.4. The summed E-state index contributed by atoms with van der Waals surface area (Å²) < 4.78 is 58.1. The van der Waals surface area contributed by atoms with Gasteiger partial charge < -0.3 is 9.42 Å². The zero-order valence-corrected chi connectivity index (χ0v) is 20.7. The monoisotopic (exact) mass is 510 g/mol. The highest BCUT2D eigenvalue weighted by atomic mass is 19.4. The molecule has 0 aromatic carbocycles. The Kier molecular flexibility index (Phi) is 8.42. The van der Waals surface area contributed by atoms with Gasteiger partial charge in [0, 0.05) is 57.2 Å². The average molecular weight is 511 g/mol. The highest BCUT2D eigenvalue weighted by Gasteiger charge is 2.36. The molecule has 0 saturated heterocycles. The highest BCUT2D eigenvalue weighted by Crippen LogP contribution is 2.39. The molecule has 3 heterocycles. The van der Waals surface area contributed by atoms with Gasteiger partial charge in [-0.1, -0.05) is 11.2 Å². The number of hydrogen-bond acceptors (Lipinski definition) is 6. The van der Waals surface area contributed by atoms with Gasteiger partial charge in [-0.05, 0) is 62.5 Å². The van der Waals surface area contributed by atoms with E-state index in [1.807, 2.05) is 6.07 Å². The zero-order valence-electron chi connectivity index (χ0n) is 20.7. The number of aryl methyl sites for hydroxylation is 2. The molecule has 0 amide bonds. The molecule has 36 heavy (non-hydrogen) atoms. The molecule has 0 N–H and O–H groups in total. The molecule has 1 aliphatic carbocycles. The van der Waals surface area contributed by atoms with Gasteiger partial charge >= 0.3 is 6.18 Å². The fourth-order valence-corrected chi connectivity index (χ4v) is 5.30. The van der Waals surface area contributed by atoms with Crippen LogP contribution in [0.3, 0.4) is 0 Å². The van der Waals surface area contributed by atoms with Crippen LogP contribution in [0.4, 0.5) is 17.6 Å². The van der Waals surface area contributed by atoms with Crippen molar-refractivity contribution >= 4 is 5.78 Å². The molecule has 2 aromatic rings. The van der Waals surface area contributed by atoms with Crippen LogP contribution in [0.5, 0.6) is 0 Å². The summed E-state index contributed by atoms with van der Waals surface area (Å²) in [5.74, 6) is 1.10. The van der Waals surface area contributed by atoms with Gasteiger partial charge in [0.05, 0.1) is 6.42 Å². The largest absolute Gasteiger partial charge is 0.389 e. The summed E-state index contributed by atoms with van der Waals surface area (Å²) >= 11 is 0. The summed E-state index contributed by atoms with van der Waals surface area (Å²) in [5.41, 5.74) is 1.20. The Balaban J connectivity index is 1.19. The molecule has 198 valence electrons. The summed E-state index contributed by atoms with van der Waals surface area (Å²) in [6, 6.07) is 3.60. The number of aromatic nitrogens is 3. The maximum atomic E-state index is 15.5. The van der Waals surface area contributed by atoms with Crippen LogP contribution in [0, 0.1) is 12.8 Å². The van der Waals surface area contributed by atoms with E-state index in [-0.39, 0.29) is 24.5 Å². The van der Waals surface area contributed by atoms with E-state index in [9.17, 15) is 18.0 Å². The molecule has 0 unspecified atom stereocenters. The van der Waals surface area contributed by atoms with Crippen molar-refractivity contribution < 1.29 is 26.9 Å². The van der Waals surface area contributed by atoms with Crippen LogP contribution in [0.25, 0.3) is 0 Å². The molecule has 0 atom stereocenters. The predicted molar refractivity (Wildman–Crippen MR) is 125 cm³/mol. The number of Topliss-reactive ketones (excluding diaryl/α,β-unsaturated/α-hetero) is 1. The second-order valence-corrected chi connectivity index (χ2v) is 10.4. The molecule has 0 bridgehead atoms. The van der Waals surface area contributed by atoms with Crippen LogP contribution in [0.1, 0.15) is 73.6 Å². The number of fused-ring (bicyclic) bond motifs is 1. The van der Waals surface area contributed by atoms with Gasteiger partial charge in [0.2, 0.25) is 5.89 Å². The maximum Gasteiger partial charge on any atom is 0.389 e. The molecule has 1 fully saturated rings. The van der Waals surface area contributed by atoms with E-state index in [2.05, 4.69) is 20.0 Å². The third-order valence-corrected chi connectivity index (χ3v) is 7.47. The smallest absolute Gasteiger partial charge is 0.340 e. The van der Waals surface area contributed by atoms with Gasteiger partial charge in [-0.15, -0.1) is 0 Å². The Bertz CT molecular complexity index is 1030. The van der Waals surface area contributed by atoms with Crippen molar-refractivity contribution in [1.29, 1.82) is 0 Å². The number of rotatable bonds is 9. The van der Waals surface area contributed by atoms with E-state index in [4.69, 9.17) is 4.52 Å². The number of nitrogens with zero attached hydrogens (tertiary/aromatic N) is 4. The van der Waals surface area contributed by atoms with Crippen molar-refractivity contribution in [1.82, 2.24) is 20.0 Å². The maximum absolute atomic E-state index is 15.5. The first-order valence-electron chi connectivity index (χ1n) is 12.8. The summed E-state index contributed by atoms with van der Waals surface area (Å²) in [4.78, 5) is 23.1. The van der Waals surface area contributed by atoms with Crippen LogP contribution in [0.2, 0.25) is 0 Å². The third kappa shape index (κ3) is 7.82. The van der Waals surface area contributed by atoms with E-state index >= 15 is 4.39 Å². The van der Waals surface area contributed by atoms with Crippen LogP contribution in [-0.2, 0) is 30.5 Å². The molecular formula is C26H34F4N4O2. The Labute approximate surface area is 208 Å². The normalized spacial score (nSPS) is 23.3. The lowest BCUT2D eigenvalue weighted by atomic mass is 9.76. The number of ketones is 1. The fourth-order valence-electron chi connectivity index (χ4n) is 5.30. The van der Waals surface area contributed by atoms with Crippen molar-refractivity contribution in [3.05, 3.63) is 40.8 Å². The van der Waals surface area contributed by atoms with Gasteiger partial charge in [-0.2, -0.15) is 18.2 Å². The topological polar surface area (TPSA) is 72.1 Å². The lowest BCUT2D eigenvalue weighted by Crippen LogP contribution is -2.36. The third-order valence-electron chi connectivity index (χ3n) is 7.47. The highest BCUT2D eigenvalue weighted by molar-refractivity contribution is 5.80. The van der Waals surface area contributed by atoms with Gasteiger partial charge in [-0.3, -0.25) is 9.78 Å². The van der Waals surface area contributed by atoms with E-state index in [1.54, 1.807) is 13.0 Å². The van der Waals surface area contributed by atoms with Crippen molar-refractivity contribution in [2.75, 3.05) is 19.6 Å². The number of carbonyl (C=O) groups is 1. The van der Waals surface area contributed by atoms with Gasteiger partial charge in [0.25, 0.3) is 0 Å². The molecular weight excluding hydrogens is 476 g/mol. The van der Waals surface area contributed by atoms with Crippen molar-refractivity contribution in [2.45, 2.75) is 89.4 Å². The number of pyridine rings is 1. The molecule has 4 rings (SSSR count). The van der Waals surface area contributed by atoms with E-state index in [0.29, 0.717) is 68.9 Å². The number of hydrogen-bond donors (Lipinski definition) is 0. The lowest BCUT2D eigenvalue weighted by molar-refractivity contribution is -0.134. The minimum Gasteiger partial charge on any atom is -0.340 e. The molecule has 0 radical (unpaired) electrons. The van der Waals surface area contributed by atoms with Crippen molar-refractivity contribution in [3.8, 4) is 0 Å². The fraction of sp³-hybridized carbons (Fsp3) is 0.692. The number of halogens is 4. The summed E-state index contributed by atoms with van der Waals surface area (Å²) in [7, 11) is 0. The summed E-state index contributed by atoms with van der Waals surface area (Å²) in [5, 5.41) is 3.77. The van der Waals surface area contributed by atoms with Crippen molar-refractivity contribution in [2.24, 2.45) is 5.92 Å². The Morgan fingerprint density at radius 3 is 2.61 bits per heavy atom. The molecule has 0 spiro atoms. The molecule has 10 heteroatoms. The van der Waals surface area contributed by atoms with Crippen LogP contribution in [-0.4, -0.2) is 57.3 Å². The quantitative estimate of drug-likeness (QED) is 0.434. The zero-order chi connectivity index (χ0) is 25.8. The first-order valence-corrected chi connectivity index (χ1v) is 12.8. The van der Waals surface area contributed by atoms with Crippen molar-refractivity contribution in [3.63, 3.8) is 0 Å². The SMILES string of the molecule is Cc1nc(CC(=O)CC2CCC(F)(CCN3CCc4ccc(CCC(F)(F)F)nc4CC3)CC2)no1. The van der Waals surface area contributed by atoms with Crippen LogP contribution < -0.4 is 0 Å². The van der Waals surface area contributed by atoms with Crippen LogP contribution >= 0.6 is 0 Å². The minimum atomic E-state index is -4.18. The average Bonchev–Trinajstić information content (AvgIpc) is 3.11. The Hall–Kier alpha value is -2.36. The van der Waals surface area contributed by atoms with E-state index in [0.717, 1.165) is 30.8 Å². The van der Waals surface area contributed by atoms with E-state index in [1.165, 1.54) is 0 Å². The predicted octanol–water partition coefficient (Wildman–Crippen LogP) is 5.16. The van der Waals surface area contributed by atoms with E-state index < -0.39 is 18.3 Å². The number of carbonyl (C=O) groups excluding carboxylic acids is 1. The standard InChI is InChI=1S/C26H34F4N4O2/c1-18-31-24(33-36-18)17-22(35)16-19-4-9-25(27,10-5-19)12-15-34-13-7-20-2-3-21(6-11-26(28,29)30)32-23(20)8-14-34/h2-3,19H,4-17H2,1H3. The Morgan fingerprint density at radius 1 is 1.17 bits per heavy atom. The summed E-state index contributed by atoms with van der Waals surface area (Å²) in [6.45, 7) is 3.85. The molecule has 2 aliphatic rings. The lowest BCUT2D eigenvalue weighted by Gasteiger charge is -2.35.